The third kappa shape index (κ3) is 4.26. The summed E-state index contributed by atoms with van der Waals surface area (Å²) < 4.78 is 44.3. The summed E-state index contributed by atoms with van der Waals surface area (Å²) in [5, 5.41) is 0. The monoisotopic (exact) mass is 398 g/mol. The lowest BCUT2D eigenvalue weighted by atomic mass is 10.0. The summed E-state index contributed by atoms with van der Waals surface area (Å²) in [4.78, 5) is 14.5. The van der Waals surface area contributed by atoms with E-state index in [9.17, 15) is 13.2 Å². The number of carbonyl (C=O) groups is 1. The van der Waals surface area contributed by atoms with Gasteiger partial charge in [0.1, 0.15) is 10.6 Å². The zero-order valence-electron chi connectivity index (χ0n) is 15.9. The van der Waals surface area contributed by atoms with Gasteiger partial charge in [0.05, 0.1) is 20.3 Å². The molecule has 0 unspecified atom stereocenters. The first-order valence-electron chi connectivity index (χ1n) is 9.04. The normalized spacial score (nSPS) is 19.6. The first-order chi connectivity index (χ1) is 12.8. The molecule has 150 valence electrons. The molecule has 0 radical (unpaired) electrons. The molecule has 0 aromatic heterocycles. The van der Waals surface area contributed by atoms with E-state index in [1.165, 1.54) is 19.2 Å². The van der Waals surface area contributed by atoms with Crippen LogP contribution in [0.5, 0.6) is 5.75 Å². The maximum Gasteiger partial charge on any atom is 0.253 e. The predicted molar refractivity (Wildman–Crippen MR) is 98.2 cm³/mol. The summed E-state index contributed by atoms with van der Waals surface area (Å²) in [5.41, 5.74) is 0.309. The minimum atomic E-state index is -3.79. The van der Waals surface area contributed by atoms with Crippen molar-refractivity contribution in [3.63, 3.8) is 0 Å². The highest BCUT2D eigenvalue weighted by atomic mass is 32.2. The first-order valence-corrected chi connectivity index (χ1v) is 10.5. The molecule has 1 aromatic carbocycles. The molecular formula is C18H26N2O6S. The lowest BCUT2D eigenvalue weighted by Gasteiger charge is -2.37. The topological polar surface area (TPSA) is 94.2 Å². The van der Waals surface area contributed by atoms with Crippen molar-refractivity contribution < 1.29 is 27.4 Å². The maximum absolute atomic E-state index is 12.9. The fraction of sp³-hybridized carbons (Fsp3) is 0.611. The largest absolute Gasteiger partial charge is 0.495 e. The molecule has 0 saturated carbocycles. The lowest BCUT2D eigenvalue weighted by Crippen LogP contribution is -2.47. The Morgan fingerprint density at radius 3 is 2.41 bits per heavy atom. The van der Waals surface area contributed by atoms with Crippen LogP contribution in [0.2, 0.25) is 0 Å². The van der Waals surface area contributed by atoms with Gasteiger partial charge in [0.2, 0.25) is 10.0 Å². The van der Waals surface area contributed by atoms with Crippen LogP contribution in [0.25, 0.3) is 0 Å². The molecule has 2 aliphatic rings. The van der Waals surface area contributed by atoms with Crippen LogP contribution >= 0.6 is 0 Å². The van der Waals surface area contributed by atoms with Crippen molar-refractivity contribution in [3.05, 3.63) is 23.8 Å². The zero-order valence-corrected chi connectivity index (χ0v) is 16.7. The summed E-state index contributed by atoms with van der Waals surface area (Å²) >= 11 is 0. The number of amides is 1. The van der Waals surface area contributed by atoms with Gasteiger partial charge < -0.3 is 19.1 Å². The van der Waals surface area contributed by atoms with E-state index in [1.54, 1.807) is 24.8 Å². The number of nitrogens with one attached hydrogen (secondary N) is 1. The molecule has 27 heavy (non-hydrogen) atoms. The highest BCUT2D eigenvalue weighted by molar-refractivity contribution is 7.89. The molecule has 1 spiro atoms. The van der Waals surface area contributed by atoms with Gasteiger partial charge in [-0.25, -0.2) is 13.1 Å². The fourth-order valence-corrected chi connectivity index (χ4v) is 4.86. The third-order valence-electron chi connectivity index (χ3n) is 4.72. The van der Waals surface area contributed by atoms with E-state index in [1.807, 2.05) is 0 Å². The summed E-state index contributed by atoms with van der Waals surface area (Å²) in [6, 6.07) is 4.20. The summed E-state index contributed by atoms with van der Waals surface area (Å²) in [5.74, 6) is -0.580. The Bertz CT molecular complexity index is 792. The number of benzene rings is 1. The van der Waals surface area contributed by atoms with E-state index < -0.39 is 15.8 Å². The second kappa shape index (κ2) is 7.75. The number of hydrogen-bond acceptors (Lipinski definition) is 6. The Morgan fingerprint density at radius 2 is 1.85 bits per heavy atom. The first kappa shape index (κ1) is 20.1. The summed E-state index contributed by atoms with van der Waals surface area (Å²) in [6.45, 7) is 5.62. The van der Waals surface area contributed by atoms with Crippen LogP contribution in [0.3, 0.4) is 0 Å². The van der Waals surface area contributed by atoms with Gasteiger partial charge in [-0.2, -0.15) is 0 Å². The molecule has 1 aromatic rings. The molecule has 1 amide bonds. The molecular weight excluding hydrogens is 372 g/mol. The molecule has 0 atom stereocenters. The summed E-state index contributed by atoms with van der Waals surface area (Å²) in [6.07, 6.45) is 1.21. The van der Waals surface area contributed by atoms with E-state index in [0.29, 0.717) is 44.7 Å². The van der Waals surface area contributed by atoms with Crippen LogP contribution in [-0.4, -0.2) is 64.5 Å². The molecule has 0 aliphatic carbocycles. The molecule has 9 heteroatoms. The van der Waals surface area contributed by atoms with Gasteiger partial charge in [0.15, 0.2) is 5.79 Å². The number of rotatable bonds is 5. The number of nitrogens with zero attached hydrogens (tertiary/aromatic N) is 1. The third-order valence-corrected chi connectivity index (χ3v) is 6.40. The van der Waals surface area contributed by atoms with Crippen LogP contribution in [-0.2, 0) is 19.5 Å². The standard InChI is InChI=1S/C18H26N2O6S/c1-13(2)19-27(22,23)16-12-14(4-5-15(16)24-3)17(21)20-8-6-18(7-9-20)25-10-11-26-18/h4-5,12-13,19H,6-11H2,1-3H3. The van der Waals surface area contributed by atoms with Gasteiger partial charge in [-0.1, -0.05) is 0 Å². The zero-order chi connectivity index (χ0) is 19.7. The second-order valence-electron chi connectivity index (χ2n) is 7.04. The number of methoxy groups -OCH3 is 1. The van der Waals surface area contributed by atoms with Crippen molar-refractivity contribution in [2.75, 3.05) is 33.4 Å². The number of ether oxygens (including phenoxy) is 3. The highest BCUT2D eigenvalue weighted by Crippen LogP contribution is 2.32. The molecule has 2 heterocycles. The molecule has 0 bridgehead atoms. The number of carbonyl (C=O) groups excluding carboxylic acids is 1. The van der Waals surface area contributed by atoms with Crippen LogP contribution in [0, 0.1) is 0 Å². The van der Waals surface area contributed by atoms with E-state index in [2.05, 4.69) is 4.72 Å². The highest BCUT2D eigenvalue weighted by Gasteiger charge is 2.41. The Hall–Kier alpha value is -1.68. The predicted octanol–water partition coefficient (Wildman–Crippen LogP) is 1.36. The van der Waals surface area contributed by atoms with Gasteiger partial charge in [0, 0.05) is 37.5 Å². The van der Waals surface area contributed by atoms with E-state index in [0.717, 1.165) is 0 Å². The summed E-state index contributed by atoms with van der Waals surface area (Å²) in [7, 11) is -2.39. The van der Waals surface area contributed by atoms with E-state index >= 15 is 0 Å². The second-order valence-corrected chi connectivity index (χ2v) is 8.72. The molecule has 2 fully saturated rings. The molecule has 2 saturated heterocycles. The Kier molecular flexibility index (Phi) is 5.76. The van der Waals surface area contributed by atoms with E-state index in [4.69, 9.17) is 14.2 Å². The van der Waals surface area contributed by atoms with Crippen molar-refractivity contribution in [2.45, 2.75) is 43.4 Å². The van der Waals surface area contributed by atoms with Crippen LogP contribution < -0.4 is 9.46 Å². The van der Waals surface area contributed by atoms with Crippen molar-refractivity contribution in [1.82, 2.24) is 9.62 Å². The molecule has 2 aliphatic heterocycles. The molecule has 1 N–H and O–H groups in total. The quantitative estimate of drug-likeness (QED) is 0.805. The van der Waals surface area contributed by atoms with Gasteiger partial charge in [-0.15, -0.1) is 0 Å². The number of piperidine rings is 1. The van der Waals surface area contributed by atoms with Gasteiger partial charge in [-0.3, -0.25) is 4.79 Å². The van der Waals surface area contributed by atoms with Gasteiger partial charge in [0.25, 0.3) is 5.91 Å². The van der Waals surface area contributed by atoms with Gasteiger partial charge >= 0.3 is 0 Å². The van der Waals surface area contributed by atoms with Gasteiger partial charge in [-0.05, 0) is 32.0 Å². The number of likely N-dealkylation sites (tertiary alicyclic amines) is 1. The van der Waals surface area contributed by atoms with Crippen LogP contribution in [0.15, 0.2) is 23.1 Å². The minimum absolute atomic E-state index is 0.0412. The Morgan fingerprint density at radius 1 is 1.22 bits per heavy atom. The number of sulfonamides is 1. The van der Waals surface area contributed by atoms with Crippen LogP contribution in [0.1, 0.15) is 37.0 Å². The average molecular weight is 398 g/mol. The smallest absolute Gasteiger partial charge is 0.253 e. The maximum atomic E-state index is 12.9. The van der Waals surface area contributed by atoms with Crippen molar-refractivity contribution in [2.24, 2.45) is 0 Å². The minimum Gasteiger partial charge on any atom is -0.495 e. The number of hydrogen-bond donors (Lipinski definition) is 1. The van der Waals surface area contributed by atoms with Crippen molar-refractivity contribution in [3.8, 4) is 5.75 Å². The Labute approximate surface area is 159 Å². The average Bonchev–Trinajstić information content (AvgIpc) is 3.08. The SMILES string of the molecule is COc1ccc(C(=O)N2CCC3(CC2)OCCO3)cc1S(=O)(=O)NC(C)C. The fourth-order valence-electron chi connectivity index (χ4n) is 3.41. The van der Waals surface area contributed by atoms with Crippen molar-refractivity contribution >= 4 is 15.9 Å². The molecule has 3 rings (SSSR count). The molecule has 8 nitrogen and oxygen atoms in total. The lowest BCUT2D eigenvalue weighted by molar-refractivity contribution is -0.181. The van der Waals surface area contributed by atoms with E-state index in [-0.39, 0.29) is 22.6 Å². The van der Waals surface area contributed by atoms with Crippen molar-refractivity contribution in [1.29, 1.82) is 0 Å². The Balaban J connectivity index is 1.80. The van der Waals surface area contributed by atoms with Crippen LogP contribution in [0.4, 0.5) is 0 Å².